The summed E-state index contributed by atoms with van der Waals surface area (Å²) >= 11 is 0. The Labute approximate surface area is 260 Å². The van der Waals surface area contributed by atoms with Crippen LogP contribution in [0.3, 0.4) is 0 Å². The lowest BCUT2D eigenvalue weighted by atomic mass is 10.0. The molecule has 0 aliphatic carbocycles. The number of ether oxygens (including phenoxy) is 1. The second-order valence-corrected chi connectivity index (χ2v) is 12.3. The molecule has 0 bridgehead atoms. The van der Waals surface area contributed by atoms with E-state index in [1.807, 2.05) is 0 Å². The van der Waals surface area contributed by atoms with Gasteiger partial charge in [-0.15, -0.1) is 10.8 Å². The van der Waals surface area contributed by atoms with E-state index in [1.165, 1.54) is 12.4 Å². The van der Waals surface area contributed by atoms with Crippen LogP contribution in [0, 0.1) is 0 Å². The molecule has 242 valence electrons. The molecule has 1 aliphatic heterocycles. The number of benzene rings is 2. The molecule has 17 heteroatoms. The van der Waals surface area contributed by atoms with Crippen LogP contribution in [0.4, 0.5) is 18.0 Å². The molecule has 4 aromatic rings. The van der Waals surface area contributed by atoms with E-state index in [-0.39, 0.29) is 25.1 Å². The Hall–Kier alpha value is -5.00. The molecule has 3 atom stereocenters. The lowest BCUT2D eigenvalue weighted by Crippen LogP contribution is -2.50. The molecule has 3 heterocycles. The first-order chi connectivity index (χ1) is 21.8. The third kappa shape index (κ3) is 7.79. The van der Waals surface area contributed by atoms with Gasteiger partial charge in [0.25, 0.3) is 0 Å². The highest BCUT2D eigenvalue weighted by atomic mass is 32.3. The third-order valence-corrected chi connectivity index (χ3v) is 8.82. The quantitative estimate of drug-likeness (QED) is 0.114. The predicted octanol–water partition coefficient (Wildman–Crippen LogP) is 4.01. The number of nitrogens with zero attached hydrogens (tertiary/aromatic N) is 2. The number of alkyl halides is 3. The Morgan fingerprint density at radius 2 is 1.70 bits per heavy atom. The van der Waals surface area contributed by atoms with Crippen molar-refractivity contribution in [1.29, 1.82) is 0 Å². The van der Waals surface area contributed by atoms with Crippen LogP contribution in [0.15, 0.2) is 73.1 Å². The van der Waals surface area contributed by atoms with E-state index >= 15 is 0 Å². The summed E-state index contributed by atoms with van der Waals surface area (Å²) in [5.74, 6) is -4.51. The maximum absolute atomic E-state index is 13.3. The van der Waals surface area contributed by atoms with Gasteiger partial charge in [-0.2, -0.15) is 13.2 Å². The highest BCUT2D eigenvalue weighted by molar-refractivity contribution is 8.23. The summed E-state index contributed by atoms with van der Waals surface area (Å²) in [4.78, 5) is 60.6. The fraction of sp³-hybridized carbons (Fsp3) is 0.241. The maximum atomic E-state index is 13.3. The number of urea groups is 1. The minimum atomic E-state index is -5.42. The lowest BCUT2D eigenvalue weighted by Gasteiger charge is -2.32. The highest BCUT2D eigenvalue weighted by Gasteiger charge is 2.43. The summed E-state index contributed by atoms with van der Waals surface area (Å²) in [7, 11) is -3.36. The van der Waals surface area contributed by atoms with Crippen LogP contribution >= 0.6 is 10.8 Å². The number of pyridine rings is 1. The monoisotopic (exact) mass is 660 g/mol. The van der Waals surface area contributed by atoms with Crippen molar-refractivity contribution in [1.82, 2.24) is 30.3 Å². The molecule has 13 nitrogen and oxygen atoms in total. The molecule has 0 saturated carbocycles. The minimum absolute atomic E-state index is 0.0970. The zero-order chi connectivity index (χ0) is 33.1. The zero-order valence-corrected chi connectivity index (χ0v) is 24.5. The van der Waals surface area contributed by atoms with E-state index in [0.717, 1.165) is 0 Å². The number of imidazole rings is 1. The molecule has 1 saturated heterocycles. The maximum Gasteiger partial charge on any atom is 0.491 e. The van der Waals surface area contributed by atoms with Crippen LogP contribution in [0.25, 0.3) is 11.0 Å². The van der Waals surface area contributed by atoms with Gasteiger partial charge in [-0.1, -0.05) is 54.6 Å². The van der Waals surface area contributed by atoms with Gasteiger partial charge in [-0.3, -0.25) is 23.6 Å². The van der Waals surface area contributed by atoms with Gasteiger partial charge in [-0.25, -0.2) is 19.4 Å². The van der Waals surface area contributed by atoms with Gasteiger partial charge in [0, 0.05) is 12.6 Å². The first-order valence-electron chi connectivity index (χ1n) is 13.7. The zero-order valence-electron chi connectivity index (χ0n) is 23.7. The predicted molar refractivity (Wildman–Crippen MR) is 158 cm³/mol. The molecule has 0 spiro atoms. The fourth-order valence-corrected chi connectivity index (χ4v) is 6.34. The molecule has 46 heavy (non-hydrogen) atoms. The second kappa shape index (κ2) is 13.2. The first kappa shape index (κ1) is 32.4. The number of carbonyl (C=O) groups is 4. The molecular formula is C29H27F3N6O7S. The molecule has 2 aromatic carbocycles. The van der Waals surface area contributed by atoms with Crippen LogP contribution < -0.4 is 15.4 Å². The Kier molecular flexibility index (Phi) is 9.27. The molecule has 5 rings (SSSR count). The minimum Gasteiger partial charge on any atom is -0.385 e. The molecule has 2 aromatic heterocycles. The number of amides is 3. The number of carbonyl (C=O) groups excluding carboxylic acids is 4. The molecule has 6 N–H and O–H groups in total. The van der Waals surface area contributed by atoms with Gasteiger partial charge >= 0.3 is 24.1 Å². The Morgan fingerprint density at radius 3 is 2.33 bits per heavy atom. The van der Waals surface area contributed by atoms with Crippen molar-refractivity contribution < 1.29 is 46.2 Å². The largest absolute Gasteiger partial charge is 0.491 e. The third-order valence-electron chi connectivity index (χ3n) is 7.06. The number of esters is 2. The normalized spacial score (nSPS) is 17.8. The van der Waals surface area contributed by atoms with E-state index in [4.69, 9.17) is 0 Å². The summed E-state index contributed by atoms with van der Waals surface area (Å²) in [5.41, 5.74) is 2.72. The van der Waals surface area contributed by atoms with Crippen LogP contribution in [-0.2, 0) is 32.0 Å². The average molecular weight is 661 g/mol. The van der Waals surface area contributed by atoms with E-state index in [2.05, 4.69) is 35.0 Å². The number of nitrogens with one attached hydrogen (secondary N) is 4. The van der Waals surface area contributed by atoms with Crippen molar-refractivity contribution in [3.63, 3.8) is 0 Å². The summed E-state index contributed by atoms with van der Waals surface area (Å²) in [6.45, 7) is 0. The SMILES string of the molecule is O=C1CC(c2ccc(CC(NC(=O)N[C@H](Cc3ccccc3)C(=O)OC(=O)C(F)(F)F)c3nc4ccncc4[nH]3)cc2)S(O)(O)N1. The first-order valence-corrected chi connectivity index (χ1v) is 15.3. The topological polar surface area (TPSA) is 196 Å². The number of hydrogen-bond donors (Lipinski definition) is 6. The van der Waals surface area contributed by atoms with Crippen molar-refractivity contribution in [2.45, 2.75) is 42.8 Å². The molecule has 1 aliphatic rings. The summed E-state index contributed by atoms with van der Waals surface area (Å²) in [6.07, 6.45) is -2.64. The van der Waals surface area contributed by atoms with Gasteiger partial charge in [0.2, 0.25) is 5.91 Å². The second-order valence-electron chi connectivity index (χ2n) is 10.4. The van der Waals surface area contributed by atoms with Crippen molar-refractivity contribution >= 4 is 45.7 Å². The van der Waals surface area contributed by atoms with Crippen molar-refractivity contribution in [2.75, 3.05) is 0 Å². The van der Waals surface area contributed by atoms with Gasteiger partial charge in [0.05, 0.1) is 29.7 Å². The van der Waals surface area contributed by atoms with Crippen molar-refractivity contribution in [3.8, 4) is 0 Å². The fourth-order valence-electron chi connectivity index (χ4n) is 4.86. The molecular weight excluding hydrogens is 633 g/mol. The molecule has 1 fully saturated rings. The number of rotatable bonds is 9. The van der Waals surface area contributed by atoms with Crippen LogP contribution in [0.5, 0.6) is 0 Å². The Balaban J connectivity index is 1.37. The number of fused-ring (bicyclic) bond motifs is 1. The smallest absolute Gasteiger partial charge is 0.385 e. The van der Waals surface area contributed by atoms with E-state index in [0.29, 0.717) is 27.7 Å². The number of aromatic amines is 1. The van der Waals surface area contributed by atoms with Crippen LogP contribution in [-0.4, -0.2) is 60.2 Å². The summed E-state index contributed by atoms with van der Waals surface area (Å²) < 4.78 is 65.1. The van der Waals surface area contributed by atoms with Gasteiger partial charge < -0.3 is 20.4 Å². The number of aromatic nitrogens is 3. The Bertz CT molecular complexity index is 1720. The van der Waals surface area contributed by atoms with Crippen LogP contribution in [0.1, 0.15) is 40.2 Å². The number of H-pyrrole nitrogens is 1. The molecule has 2 unspecified atom stereocenters. The summed E-state index contributed by atoms with van der Waals surface area (Å²) in [5, 5.41) is 4.16. The lowest BCUT2D eigenvalue weighted by molar-refractivity contribution is -0.202. The number of halogens is 3. The number of hydrogen-bond acceptors (Lipinski definition) is 9. The standard InChI is InChI=1S/C29H27F3N6O7S/c30-29(31,32)27(41)45-26(40)21(13-16-4-2-1-3-5-16)37-28(42)36-20(25-34-19-10-11-33-15-22(19)35-25)12-17-6-8-18(9-7-17)23-14-24(39)38-46(23,43)44/h1-11,15,20-21,23,43-44H,12-14H2,(H,34,35)(H,38,39)(H2,36,37,42)/t20?,21-,23?/m1/s1. The molecule has 0 radical (unpaired) electrons. The van der Waals surface area contributed by atoms with Gasteiger partial charge in [0.1, 0.15) is 17.1 Å². The van der Waals surface area contributed by atoms with E-state index in [1.54, 1.807) is 60.7 Å². The van der Waals surface area contributed by atoms with Crippen molar-refractivity contribution in [2.24, 2.45) is 0 Å². The van der Waals surface area contributed by atoms with E-state index < -0.39 is 58.2 Å². The average Bonchev–Trinajstić information content (AvgIpc) is 3.56. The van der Waals surface area contributed by atoms with Crippen LogP contribution in [0.2, 0.25) is 0 Å². The van der Waals surface area contributed by atoms with Crippen molar-refractivity contribution in [3.05, 3.63) is 95.6 Å². The Morgan fingerprint density at radius 1 is 1.00 bits per heavy atom. The van der Waals surface area contributed by atoms with Gasteiger partial charge in [-0.05, 0) is 29.2 Å². The summed E-state index contributed by atoms with van der Waals surface area (Å²) in [6, 6.07) is 12.8. The molecule has 3 amide bonds. The highest BCUT2D eigenvalue weighted by Crippen LogP contribution is 2.56. The van der Waals surface area contributed by atoms with Gasteiger partial charge in [0.15, 0.2) is 0 Å². The van der Waals surface area contributed by atoms with E-state index in [9.17, 15) is 41.5 Å².